The third kappa shape index (κ3) is 32.9. The first-order valence-electron chi connectivity index (χ1n) is 18.5. The van der Waals surface area contributed by atoms with Gasteiger partial charge >= 0.3 is 13.8 Å². The molecule has 264 valence electrons. The lowest BCUT2D eigenvalue weighted by atomic mass is 10.0. The maximum absolute atomic E-state index is 12.5. The summed E-state index contributed by atoms with van der Waals surface area (Å²) in [5.74, 6) is -0.328. The Morgan fingerprint density at radius 3 is 1.43 bits per heavy atom. The molecule has 8 nitrogen and oxygen atoms in total. The monoisotopic (exact) mass is 650 g/mol. The van der Waals surface area contributed by atoms with Gasteiger partial charge in [0.1, 0.15) is 6.10 Å². The van der Waals surface area contributed by atoms with Gasteiger partial charge in [0.05, 0.1) is 19.8 Å². The molecule has 0 amide bonds. The van der Waals surface area contributed by atoms with Crippen molar-refractivity contribution in [3.63, 3.8) is 0 Å². The van der Waals surface area contributed by atoms with Crippen molar-refractivity contribution < 1.29 is 32.8 Å². The molecule has 0 rings (SSSR count). The van der Waals surface area contributed by atoms with Crippen molar-refractivity contribution >= 4 is 13.8 Å². The Labute approximate surface area is 271 Å². The van der Waals surface area contributed by atoms with E-state index in [0.717, 1.165) is 32.1 Å². The molecule has 0 saturated heterocycles. The fourth-order valence-corrected chi connectivity index (χ4v) is 6.06. The molecule has 0 aliphatic rings. The van der Waals surface area contributed by atoms with Gasteiger partial charge in [-0.2, -0.15) is 0 Å². The minimum absolute atomic E-state index is 0.0905. The van der Waals surface area contributed by atoms with Crippen LogP contribution in [-0.4, -0.2) is 49.9 Å². The number of carbonyl (C=O) groups excluding carboxylic acids is 1. The number of ether oxygens (including phenoxy) is 2. The Kier molecular flexibility index (Phi) is 33.5. The van der Waals surface area contributed by atoms with Gasteiger partial charge in [0, 0.05) is 19.6 Å². The summed E-state index contributed by atoms with van der Waals surface area (Å²) in [5.41, 5.74) is 5.34. The smallest absolute Gasteiger partial charge is 0.457 e. The van der Waals surface area contributed by atoms with Gasteiger partial charge in [-0.25, -0.2) is 4.57 Å². The van der Waals surface area contributed by atoms with Crippen molar-refractivity contribution in [1.82, 2.24) is 0 Å². The number of hydrogen-bond acceptors (Lipinski definition) is 7. The van der Waals surface area contributed by atoms with Gasteiger partial charge in [-0.15, -0.1) is 0 Å². The molecule has 0 aromatic carbocycles. The quantitative estimate of drug-likeness (QED) is 0.0391. The van der Waals surface area contributed by atoms with Gasteiger partial charge in [0.2, 0.25) is 0 Å². The van der Waals surface area contributed by atoms with Crippen molar-refractivity contribution in [2.24, 2.45) is 5.73 Å². The second-order valence-electron chi connectivity index (χ2n) is 12.5. The second-order valence-corrected chi connectivity index (χ2v) is 13.9. The Balaban J connectivity index is 4.07. The Bertz CT molecular complexity index is 653. The average Bonchev–Trinajstić information content (AvgIpc) is 3.01. The predicted molar refractivity (Wildman–Crippen MR) is 183 cm³/mol. The number of unbranched alkanes of at least 4 members (excludes halogenated alkanes) is 23. The molecule has 2 atom stereocenters. The fraction of sp³-hybridized carbons (Fsp3) is 0.971. The summed E-state index contributed by atoms with van der Waals surface area (Å²) in [4.78, 5) is 22.3. The van der Waals surface area contributed by atoms with Crippen molar-refractivity contribution in [1.29, 1.82) is 0 Å². The van der Waals surface area contributed by atoms with Crippen molar-refractivity contribution in [2.45, 2.75) is 187 Å². The first kappa shape index (κ1) is 43.5. The summed E-state index contributed by atoms with van der Waals surface area (Å²) in [6, 6.07) is 0. The van der Waals surface area contributed by atoms with E-state index in [-0.39, 0.29) is 32.3 Å². The zero-order valence-corrected chi connectivity index (χ0v) is 29.8. The van der Waals surface area contributed by atoms with E-state index in [9.17, 15) is 14.3 Å². The first-order valence-corrected chi connectivity index (χ1v) is 20.0. The molecule has 0 saturated carbocycles. The number of phosphoric acid groups is 1. The molecule has 44 heavy (non-hydrogen) atoms. The molecule has 0 spiro atoms. The van der Waals surface area contributed by atoms with Gasteiger partial charge in [-0.1, -0.05) is 162 Å². The lowest BCUT2D eigenvalue weighted by Crippen LogP contribution is -2.28. The molecule has 0 heterocycles. The van der Waals surface area contributed by atoms with Crippen LogP contribution in [0, 0.1) is 0 Å². The largest absolute Gasteiger partial charge is 0.472 e. The van der Waals surface area contributed by atoms with E-state index < -0.39 is 13.9 Å². The normalized spacial score (nSPS) is 13.6. The van der Waals surface area contributed by atoms with E-state index in [1.165, 1.54) is 128 Å². The highest BCUT2D eigenvalue weighted by atomic mass is 31.2. The maximum Gasteiger partial charge on any atom is 0.472 e. The Hall–Kier alpha value is -0.500. The molecule has 0 aromatic heterocycles. The predicted octanol–water partition coefficient (Wildman–Crippen LogP) is 10.2. The minimum Gasteiger partial charge on any atom is -0.457 e. The van der Waals surface area contributed by atoms with Gasteiger partial charge in [0.15, 0.2) is 0 Å². The molecule has 3 N–H and O–H groups in total. The van der Waals surface area contributed by atoms with Crippen LogP contribution < -0.4 is 5.73 Å². The molecule has 0 bridgehead atoms. The summed E-state index contributed by atoms with van der Waals surface area (Å²) < 4.78 is 33.2. The first-order chi connectivity index (χ1) is 21.4. The van der Waals surface area contributed by atoms with E-state index in [2.05, 4.69) is 13.8 Å². The zero-order chi connectivity index (χ0) is 32.4. The van der Waals surface area contributed by atoms with Crippen LogP contribution >= 0.6 is 7.82 Å². The highest BCUT2D eigenvalue weighted by Gasteiger charge is 2.25. The van der Waals surface area contributed by atoms with Crippen molar-refractivity contribution in [3.05, 3.63) is 0 Å². The third-order valence-corrected chi connectivity index (χ3v) is 9.01. The molecule has 9 heteroatoms. The maximum atomic E-state index is 12.5. The summed E-state index contributed by atoms with van der Waals surface area (Å²) >= 11 is 0. The van der Waals surface area contributed by atoms with Gasteiger partial charge in [0.25, 0.3) is 0 Å². The summed E-state index contributed by atoms with van der Waals surface area (Å²) in [7, 11) is -4.26. The molecule has 0 radical (unpaired) electrons. The fourth-order valence-electron chi connectivity index (χ4n) is 5.29. The Morgan fingerprint density at radius 2 is 1.00 bits per heavy atom. The van der Waals surface area contributed by atoms with E-state index >= 15 is 0 Å². The lowest BCUT2D eigenvalue weighted by Gasteiger charge is -2.20. The summed E-state index contributed by atoms with van der Waals surface area (Å²) in [6.07, 6.45) is 31.0. The molecular formula is C35H72NO7P. The van der Waals surface area contributed by atoms with Crippen LogP contribution in [0.25, 0.3) is 0 Å². The standard InChI is InChI=1S/C35H72NO7P/c1-3-5-7-9-11-13-15-17-19-21-23-25-27-30-40-32-34(33-42-44(38,39)41-31-29-36)43-35(37)28-26-24-22-20-18-16-14-12-10-8-6-4-2/h34H,3-33,36H2,1-2H3,(H,38,39). The number of nitrogens with two attached hydrogens (primary N) is 1. The highest BCUT2D eigenvalue weighted by Crippen LogP contribution is 2.43. The van der Waals surface area contributed by atoms with Gasteiger partial charge in [-0.05, 0) is 12.8 Å². The van der Waals surface area contributed by atoms with Crippen molar-refractivity contribution in [3.8, 4) is 0 Å². The molecule has 0 fully saturated rings. The van der Waals surface area contributed by atoms with Gasteiger partial charge < -0.3 is 20.1 Å². The molecule has 0 aliphatic heterocycles. The highest BCUT2D eigenvalue weighted by molar-refractivity contribution is 7.47. The van der Waals surface area contributed by atoms with Crippen LogP contribution in [0.15, 0.2) is 0 Å². The number of hydrogen-bond donors (Lipinski definition) is 2. The van der Waals surface area contributed by atoms with E-state index in [1.54, 1.807) is 0 Å². The topological polar surface area (TPSA) is 117 Å². The Morgan fingerprint density at radius 1 is 0.591 bits per heavy atom. The minimum atomic E-state index is -4.26. The number of rotatable bonds is 36. The van der Waals surface area contributed by atoms with Gasteiger partial charge in [-0.3, -0.25) is 13.8 Å². The lowest BCUT2D eigenvalue weighted by molar-refractivity contribution is -0.154. The summed E-state index contributed by atoms with van der Waals surface area (Å²) in [6.45, 7) is 4.95. The van der Waals surface area contributed by atoms with Crippen molar-refractivity contribution in [2.75, 3.05) is 33.0 Å². The van der Waals surface area contributed by atoms with Crippen LogP contribution in [0.3, 0.4) is 0 Å². The molecule has 2 unspecified atom stereocenters. The van der Waals surface area contributed by atoms with E-state index in [1.807, 2.05) is 0 Å². The number of esters is 1. The average molecular weight is 650 g/mol. The van der Waals surface area contributed by atoms with E-state index in [4.69, 9.17) is 24.3 Å². The number of phosphoric ester groups is 1. The number of carbonyl (C=O) groups is 1. The van der Waals surface area contributed by atoms with Crippen LogP contribution in [0.1, 0.15) is 181 Å². The third-order valence-electron chi connectivity index (χ3n) is 8.02. The molecule has 0 aliphatic carbocycles. The van der Waals surface area contributed by atoms with Crippen LogP contribution in [0.4, 0.5) is 0 Å². The van der Waals surface area contributed by atoms with E-state index in [0.29, 0.717) is 13.0 Å². The van der Waals surface area contributed by atoms with Crippen LogP contribution in [0.5, 0.6) is 0 Å². The zero-order valence-electron chi connectivity index (χ0n) is 28.9. The SMILES string of the molecule is CCCCCCCCCCCCCCCOCC(COP(=O)(O)OCCN)OC(=O)CCCCCCCCCCCCCC. The molecular weight excluding hydrogens is 577 g/mol. The second kappa shape index (κ2) is 33.9. The molecule has 0 aromatic rings. The summed E-state index contributed by atoms with van der Waals surface area (Å²) in [5, 5.41) is 0. The van der Waals surface area contributed by atoms with Crippen LogP contribution in [0.2, 0.25) is 0 Å². The van der Waals surface area contributed by atoms with Crippen LogP contribution in [-0.2, 0) is 27.9 Å².